The van der Waals surface area contributed by atoms with Gasteiger partial charge in [-0.3, -0.25) is 0 Å². The van der Waals surface area contributed by atoms with Gasteiger partial charge in [-0.2, -0.15) is 4.31 Å². The molecule has 8 heteroatoms. The van der Waals surface area contributed by atoms with E-state index in [1.165, 1.54) is 15.6 Å². The van der Waals surface area contributed by atoms with Crippen molar-refractivity contribution in [2.24, 2.45) is 0 Å². The fourth-order valence-corrected chi connectivity index (χ4v) is 5.74. The van der Waals surface area contributed by atoms with E-state index in [1.807, 2.05) is 32.9 Å². The lowest BCUT2D eigenvalue weighted by molar-refractivity contribution is 0.119. The molecule has 3 heterocycles. The summed E-state index contributed by atoms with van der Waals surface area (Å²) in [6, 6.07) is 5.71. The van der Waals surface area contributed by atoms with Crippen molar-refractivity contribution >= 4 is 21.4 Å². The van der Waals surface area contributed by atoms with Crippen molar-refractivity contribution in [3.05, 3.63) is 34.5 Å². The molecular formula is C16H21N3O3S2. The van der Waals surface area contributed by atoms with E-state index in [4.69, 9.17) is 4.74 Å². The molecule has 1 atom stereocenters. The van der Waals surface area contributed by atoms with E-state index in [2.05, 4.69) is 9.97 Å². The zero-order valence-electron chi connectivity index (χ0n) is 14.0. The van der Waals surface area contributed by atoms with Crippen molar-refractivity contribution in [3.8, 4) is 6.01 Å². The standard InChI is InChI=1S/C16H21N3O3S2/c1-11-9-12(2)18-16(17-11)22-14-5-4-8-19(10-14)24(20,21)15-7-6-13(3)23-15/h6-7,9,14H,4-5,8,10H2,1-3H3. The first kappa shape index (κ1) is 17.3. The Morgan fingerprint density at radius 1 is 1.21 bits per heavy atom. The van der Waals surface area contributed by atoms with E-state index in [0.717, 1.165) is 29.1 Å². The molecule has 1 fully saturated rings. The highest BCUT2D eigenvalue weighted by molar-refractivity contribution is 7.91. The van der Waals surface area contributed by atoms with Crippen LogP contribution in [0, 0.1) is 20.8 Å². The second-order valence-electron chi connectivity index (χ2n) is 6.04. The van der Waals surface area contributed by atoms with Gasteiger partial charge in [0.2, 0.25) is 0 Å². The number of hydrogen-bond acceptors (Lipinski definition) is 6. The van der Waals surface area contributed by atoms with Crippen molar-refractivity contribution in [1.82, 2.24) is 14.3 Å². The predicted molar refractivity (Wildman–Crippen MR) is 93.0 cm³/mol. The summed E-state index contributed by atoms with van der Waals surface area (Å²) in [7, 11) is -3.45. The van der Waals surface area contributed by atoms with Crippen LogP contribution in [0.2, 0.25) is 0 Å². The average Bonchev–Trinajstić information content (AvgIpc) is 2.94. The minimum absolute atomic E-state index is 0.226. The van der Waals surface area contributed by atoms with Crippen LogP contribution >= 0.6 is 11.3 Å². The normalized spacial score (nSPS) is 19.4. The van der Waals surface area contributed by atoms with Crippen LogP contribution in [-0.2, 0) is 10.0 Å². The van der Waals surface area contributed by atoms with E-state index in [9.17, 15) is 8.42 Å². The molecule has 0 N–H and O–H groups in total. The van der Waals surface area contributed by atoms with Crippen LogP contribution in [0.4, 0.5) is 0 Å². The zero-order valence-corrected chi connectivity index (χ0v) is 15.7. The fraction of sp³-hybridized carbons (Fsp3) is 0.500. The Balaban J connectivity index is 1.74. The van der Waals surface area contributed by atoms with Crippen LogP contribution in [0.25, 0.3) is 0 Å². The number of hydrogen-bond donors (Lipinski definition) is 0. The number of thiophene rings is 1. The molecule has 24 heavy (non-hydrogen) atoms. The van der Waals surface area contributed by atoms with Gasteiger partial charge in [0.1, 0.15) is 10.3 Å². The highest BCUT2D eigenvalue weighted by Gasteiger charge is 2.32. The van der Waals surface area contributed by atoms with Crippen molar-refractivity contribution < 1.29 is 13.2 Å². The third-order valence-electron chi connectivity index (χ3n) is 3.88. The monoisotopic (exact) mass is 367 g/mol. The van der Waals surface area contributed by atoms with E-state index in [0.29, 0.717) is 23.3 Å². The maximum Gasteiger partial charge on any atom is 0.317 e. The molecule has 0 saturated carbocycles. The molecule has 1 unspecified atom stereocenters. The lowest BCUT2D eigenvalue weighted by Gasteiger charge is -2.31. The molecule has 6 nitrogen and oxygen atoms in total. The molecule has 1 saturated heterocycles. The van der Waals surface area contributed by atoms with Gasteiger partial charge < -0.3 is 4.74 Å². The van der Waals surface area contributed by atoms with E-state index in [-0.39, 0.29) is 6.10 Å². The summed E-state index contributed by atoms with van der Waals surface area (Å²) in [4.78, 5) is 9.54. The van der Waals surface area contributed by atoms with Crippen LogP contribution in [0.5, 0.6) is 6.01 Å². The number of aryl methyl sites for hydroxylation is 3. The van der Waals surface area contributed by atoms with Crippen LogP contribution in [0.1, 0.15) is 29.1 Å². The topological polar surface area (TPSA) is 72.4 Å². The van der Waals surface area contributed by atoms with Gasteiger partial charge >= 0.3 is 6.01 Å². The summed E-state index contributed by atoms with van der Waals surface area (Å²) in [5.74, 6) is 0. The Labute approximate surface area is 146 Å². The highest BCUT2D eigenvalue weighted by Crippen LogP contribution is 2.27. The molecule has 0 bridgehead atoms. The number of piperidine rings is 1. The van der Waals surface area contributed by atoms with Crippen molar-refractivity contribution in [1.29, 1.82) is 0 Å². The van der Waals surface area contributed by atoms with E-state index in [1.54, 1.807) is 6.07 Å². The number of ether oxygens (including phenoxy) is 1. The number of aromatic nitrogens is 2. The molecule has 130 valence electrons. The molecular weight excluding hydrogens is 346 g/mol. The van der Waals surface area contributed by atoms with Gasteiger partial charge in [0.05, 0.1) is 6.54 Å². The van der Waals surface area contributed by atoms with Crippen molar-refractivity contribution in [2.75, 3.05) is 13.1 Å². The van der Waals surface area contributed by atoms with Gasteiger partial charge in [0, 0.05) is 22.8 Å². The molecule has 0 amide bonds. The molecule has 1 aliphatic rings. The van der Waals surface area contributed by atoms with Gasteiger partial charge in [-0.05, 0) is 51.8 Å². The first-order chi connectivity index (χ1) is 11.3. The predicted octanol–water partition coefficient (Wildman–Crippen LogP) is 2.70. The maximum absolute atomic E-state index is 12.8. The Kier molecular flexibility index (Phi) is 4.89. The molecule has 2 aromatic heterocycles. The minimum atomic E-state index is -3.45. The highest BCUT2D eigenvalue weighted by atomic mass is 32.2. The Morgan fingerprint density at radius 2 is 1.92 bits per heavy atom. The molecule has 0 aromatic carbocycles. The van der Waals surface area contributed by atoms with Gasteiger partial charge in [-0.15, -0.1) is 11.3 Å². The summed E-state index contributed by atoms with van der Waals surface area (Å²) in [5, 5.41) is 0. The molecule has 2 aromatic rings. The Morgan fingerprint density at radius 3 is 2.54 bits per heavy atom. The molecule has 1 aliphatic heterocycles. The van der Waals surface area contributed by atoms with Gasteiger partial charge in [0.15, 0.2) is 0 Å². The lowest BCUT2D eigenvalue weighted by Crippen LogP contribution is -2.44. The lowest BCUT2D eigenvalue weighted by atomic mass is 10.1. The Hall–Kier alpha value is -1.51. The fourth-order valence-electron chi connectivity index (χ4n) is 2.79. The van der Waals surface area contributed by atoms with Crippen molar-refractivity contribution in [2.45, 2.75) is 43.9 Å². The molecule has 3 rings (SSSR count). The smallest absolute Gasteiger partial charge is 0.317 e. The number of nitrogens with zero attached hydrogens (tertiary/aromatic N) is 3. The summed E-state index contributed by atoms with van der Waals surface area (Å²) < 4.78 is 33.3. The van der Waals surface area contributed by atoms with Gasteiger partial charge in [0.25, 0.3) is 10.0 Å². The van der Waals surface area contributed by atoms with E-state index < -0.39 is 10.0 Å². The van der Waals surface area contributed by atoms with Crippen LogP contribution in [-0.4, -0.2) is 41.9 Å². The Bertz CT molecular complexity index is 813. The van der Waals surface area contributed by atoms with E-state index >= 15 is 0 Å². The third kappa shape index (κ3) is 3.76. The molecule has 0 aliphatic carbocycles. The minimum Gasteiger partial charge on any atom is -0.459 e. The molecule has 0 spiro atoms. The van der Waals surface area contributed by atoms with Gasteiger partial charge in [-0.1, -0.05) is 0 Å². The number of sulfonamides is 1. The summed E-state index contributed by atoms with van der Waals surface area (Å²) in [5.41, 5.74) is 1.68. The maximum atomic E-state index is 12.8. The first-order valence-electron chi connectivity index (χ1n) is 7.90. The third-order valence-corrected chi connectivity index (χ3v) is 7.22. The first-order valence-corrected chi connectivity index (χ1v) is 10.2. The largest absolute Gasteiger partial charge is 0.459 e. The van der Waals surface area contributed by atoms with Crippen LogP contribution in [0.3, 0.4) is 0 Å². The van der Waals surface area contributed by atoms with Crippen molar-refractivity contribution in [3.63, 3.8) is 0 Å². The summed E-state index contributed by atoms with van der Waals surface area (Å²) in [6.07, 6.45) is 1.33. The SMILES string of the molecule is Cc1cc(C)nc(OC2CCCN(S(=O)(=O)c3ccc(C)s3)C2)n1. The summed E-state index contributed by atoms with van der Waals surface area (Å²) >= 11 is 1.30. The van der Waals surface area contributed by atoms with Crippen LogP contribution < -0.4 is 4.74 Å². The quantitative estimate of drug-likeness (QED) is 0.831. The summed E-state index contributed by atoms with van der Waals surface area (Å²) in [6.45, 7) is 6.53. The zero-order chi connectivity index (χ0) is 17.3. The van der Waals surface area contributed by atoms with Crippen LogP contribution in [0.15, 0.2) is 22.4 Å². The van der Waals surface area contributed by atoms with Gasteiger partial charge in [-0.25, -0.2) is 18.4 Å². The number of rotatable bonds is 4. The molecule has 0 radical (unpaired) electrons. The second kappa shape index (κ2) is 6.78. The average molecular weight is 367 g/mol. The second-order valence-corrected chi connectivity index (χ2v) is 9.50.